The Balaban J connectivity index is 2.50. The van der Waals surface area contributed by atoms with Gasteiger partial charge < -0.3 is 15.4 Å². The van der Waals surface area contributed by atoms with E-state index in [2.05, 4.69) is 29.2 Å². The number of rotatable bonds is 5. The first-order valence-corrected chi connectivity index (χ1v) is 5.21. The van der Waals surface area contributed by atoms with Gasteiger partial charge in [-0.1, -0.05) is 12.1 Å². The third kappa shape index (κ3) is 3.90. The van der Waals surface area contributed by atoms with Gasteiger partial charge in [0.1, 0.15) is 0 Å². The van der Waals surface area contributed by atoms with Gasteiger partial charge >= 0.3 is 0 Å². The summed E-state index contributed by atoms with van der Waals surface area (Å²) >= 11 is 0. The molecule has 0 fully saturated rings. The molecule has 0 aliphatic carbocycles. The minimum Gasteiger partial charge on any atom is -0.378 e. The first-order valence-electron chi connectivity index (χ1n) is 5.21. The maximum absolute atomic E-state index is 5.54. The number of nitrogens with zero attached hydrogens (tertiary/aromatic N) is 1. The van der Waals surface area contributed by atoms with E-state index in [-0.39, 0.29) is 6.10 Å². The summed E-state index contributed by atoms with van der Waals surface area (Å²) in [7, 11) is 4.06. The van der Waals surface area contributed by atoms with Gasteiger partial charge in [0.05, 0.1) is 12.7 Å². The molecular weight excluding hydrogens is 188 g/mol. The number of ether oxygens (including phenoxy) is 1. The topological polar surface area (TPSA) is 38.5 Å². The Morgan fingerprint density at radius 2 is 1.87 bits per heavy atom. The van der Waals surface area contributed by atoms with E-state index in [0.717, 1.165) is 0 Å². The van der Waals surface area contributed by atoms with Crippen molar-refractivity contribution >= 4 is 5.69 Å². The fourth-order valence-electron chi connectivity index (χ4n) is 1.20. The van der Waals surface area contributed by atoms with Crippen LogP contribution in [0.5, 0.6) is 0 Å². The number of nitrogens with two attached hydrogens (primary N) is 1. The largest absolute Gasteiger partial charge is 0.378 e. The molecule has 1 aromatic rings. The van der Waals surface area contributed by atoms with Gasteiger partial charge in [0.25, 0.3) is 0 Å². The minimum atomic E-state index is 0.124. The van der Waals surface area contributed by atoms with Crippen molar-refractivity contribution in [1.82, 2.24) is 0 Å². The van der Waals surface area contributed by atoms with Crippen molar-refractivity contribution in [3.63, 3.8) is 0 Å². The molecule has 3 nitrogen and oxygen atoms in total. The molecule has 0 aromatic heterocycles. The molecule has 0 radical (unpaired) electrons. The zero-order valence-corrected chi connectivity index (χ0v) is 9.73. The molecule has 0 heterocycles. The third-order valence-corrected chi connectivity index (χ3v) is 2.32. The number of anilines is 1. The summed E-state index contributed by atoms with van der Waals surface area (Å²) in [6, 6.07) is 8.34. The van der Waals surface area contributed by atoms with Gasteiger partial charge in [-0.3, -0.25) is 0 Å². The fourth-order valence-corrected chi connectivity index (χ4v) is 1.20. The number of benzene rings is 1. The van der Waals surface area contributed by atoms with Crippen molar-refractivity contribution in [2.24, 2.45) is 5.73 Å². The van der Waals surface area contributed by atoms with Gasteiger partial charge in [0.2, 0.25) is 0 Å². The molecule has 3 heteroatoms. The van der Waals surface area contributed by atoms with Gasteiger partial charge in [-0.05, 0) is 24.6 Å². The lowest BCUT2D eigenvalue weighted by molar-refractivity contribution is 0.0590. The summed E-state index contributed by atoms with van der Waals surface area (Å²) in [5.41, 5.74) is 7.85. The highest BCUT2D eigenvalue weighted by Crippen LogP contribution is 2.13. The quantitative estimate of drug-likeness (QED) is 0.799. The third-order valence-electron chi connectivity index (χ3n) is 2.32. The maximum Gasteiger partial charge on any atom is 0.0721 e. The summed E-state index contributed by atoms with van der Waals surface area (Å²) in [5.74, 6) is 0. The summed E-state index contributed by atoms with van der Waals surface area (Å²) in [4.78, 5) is 2.08. The van der Waals surface area contributed by atoms with E-state index in [0.29, 0.717) is 13.2 Å². The Bertz CT molecular complexity index is 282. The van der Waals surface area contributed by atoms with Crippen LogP contribution in [0.1, 0.15) is 12.5 Å². The summed E-state index contributed by atoms with van der Waals surface area (Å²) in [6.07, 6.45) is 0.124. The van der Waals surface area contributed by atoms with Crippen molar-refractivity contribution in [1.29, 1.82) is 0 Å². The van der Waals surface area contributed by atoms with E-state index in [1.54, 1.807) is 0 Å². The smallest absolute Gasteiger partial charge is 0.0721 e. The molecule has 2 N–H and O–H groups in total. The second-order valence-electron chi connectivity index (χ2n) is 3.92. The lowest BCUT2D eigenvalue weighted by Crippen LogP contribution is -2.19. The molecule has 0 bridgehead atoms. The molecule has 1 atom stereocenters. The zero-order valence-electron chi connectivity index (χ0n) is 9.73. The van der Waals surface area contributed by atoms with Gasteiger partial charge in [-0.2, -0.15) is 0 Å². The Hall–Kier alpha value is -1.06. The van der Waals surface area contributed by atoms with Crippen molar-refractivity contribution in [2.75, 3.05) is 25.5 Å². The van der Waals surface area contributed by atoms with Gasteiger partial charge in [-0.15, -0.1) is 0 Å². The molecule has 1 rings (SSSR count). The van der Waals surface area contributed by atoms with Crippen molar-refractivity contribution in [2.45, 2.75) is 19.6 Å². The van der Waals surface area contributed by atoms with Crippen molar-refractivity contribution < 1.29 is 4.74 Å². The molecule has 84 valence electrons. The molecule has 15 heavy (non-hydrogen) atoms. The normalized spacial score (nSPS) is 12.5. The van der Waals surface area contributed by atoms with Crippen LogP contribution in [0.2, 0.25) is 0 Å². The highest BCUT2D eigenvalue weighted by Gasteiger charge is 2.00. The molecular formula is C12H20N2O. The van der Waals surface area contributed by atoms with E-state index in [9.17, 15) is 0 Å². The number of hydrogen-bond acceptors (Lipinski definition) is 3. The van der Waals surface area contributed by atoms with Gasteiger partial charge in [0, 0.05) is 26.3 Å². The molecule has 1 unspecified atom stereocenters. The number of hydrogen-bond donors (Lipinski definition) is 1. The standard InChI is InChI=1S/C12H20N2O/c1-10(8-13)15-9-11-4-6-12(7-5-11)14(2)3/h4-7,10H,8-9,13H2,1-3H3. The lowest BCUT2D eigenvalue weighted by atomic mass is 10.2. The predicted molar refractivity (Wildman–Crippen MR) is 64.1 cm³/mol. The average molecular weight is 208 g/mol. The summed E-state index contributed by atoms with van der Waals surface area (Å²) in [6.45, 7) is 3.18. The van der Waals surface area contributed by atoms with Crippen LogP contribution in [0, 0.1) is 0 Å². The van der Waals surface area contributed by atoms with E-state index < -0.39 is 0 Å². The first-order chi connectivity index (χ1) is 7.13. The van der Waals surface area contributed by atoms with Gasteiger partial charge in [-0.25, -0.2) is 0 Å². The van der Waals surface area contributed by atoms with Crippen LogP contribution >= 0.6 is 0 Å². The summed E-state index contributed by atoms with van der Waals surface area (Å²) < 4.78 is 5.54. The van der Waals surface area contributed by atoms with Crippen LogP contribution in [-0.2, 0) is 11.3 Å². The zero-order chi connectivity index (χ0) is 11.3. The highest BCUT2D eigenvalue weighted by molar-refractivity contribution is 5.45. The van der Waals surface area contributed by atoms with Crippen LogP contribution in [0.3, 0.4) is 0 Å². The molecule has 0 saturated heterocycles. The molecule has 0 aliphatic heterocycles. The monoisotopic (exact) mass is 208 g/mol. The molecule has 1 aromatic carbocycles. The van der Waals surface area contributed by atoms with Crippen LogP contribution < -0.4 is 10.6 Å². The maximum atomic E-state index is 5.54. The van der Waals surface area contributed by atoms with Crippen LogP contribution in [-0.4, -0.2) is 26.7 Å². The van der Waals surface area contributed by atoms with Crippen LogP contribution in [0.15, 0.2) is 24.3 Å². The Morgan fingerprint density at radius 1 is 1.27 bits per heavy atom. The van der Waals surface area contributed by atoms with Crippen molar-refractivity contribution in [3.8, 4) is 0 Å². The second-order valence-corrected chi connectivity index (χ2v) is 3.92. The summed E-state index contributed by atoms with van der Waals surface area (Å²) in [5, 5.41) is 0. The van der Waals surface area contributed by atoms with Gasteiger partial charge in [0.15, 0.2) is 0 Å². The van der Waals surface area contributed by atoms with Crippen LogP contribution in [0.25, 0.3) is 0 Å². The molecule has 0 aliphatic rings. The first kappa shape index (κ1) is 12.0. The second kappa shape index (κ2) is 5.73. The Morgan fingerprint density at radius 3 is 2.33 bits per heavy atom. The van der Waals surface area contributed by atoms with Crippen LogP contribution in [0.4, 0.5) is 5.69 Å². The fraction of sp³-hybridized carbons (Fsp3) is 0.500. The average Bonchev–Trinajstić information content (AvgIpc) is 2.26. The van der Waals surface area contributed by atoms with E-state index in [1.807, 2.05) is 21.0 Å². The molecule has 0 amide bonds. The Kier molecular flexibility index (Phi) is 4.59. The lowest BCUT2D eigenvalue weighted by Gasteiger charge is -2.14. The SMILES string of the molecule is CC(CN)OCc1ccc(N(C)C)cc1. The molecule has 0 saturated carbocycles. The molecule has 0 spiro atoms. The van der Waals surface area contributed by atoms with E-state index in [1.165, 1.54) is 11.3 Å². The minimum absolute atomic E-state index is 0.124. The van der Waals surface area contributed by atoms with E-state index in [4.69, 9.17) is 10.5 Å². The Labute approximate surface area is 91.8 Å². The van der Waals surface area contributed by atoms with E-state index >= 15 is 0 Å². The predicted octanol–water partition coefficient (Wildman–Crippen LogP) is 1.62. The van der Waals surface area contributed by atoms with Crippen molar-refractivity contribution in [3.05, 3.63) is 29.8 Å². The highest BCUT2D eigenvalue weighted by atomic mass is 16.5.